The van der Waals surface area contributed by atoms with Crippen LogP contribution < -0.4 is 5.43 Å². The average molecular weight is 354 g/mol. The van der Waals surface area contributed by atoms with Crippen molar-refractivity contribution < 1.29 is 5.11 Å². The number of benzene rings is 3. The van der Waals surface area contributed by atoms with E-state index in [-0.39, 0.29) is 5.75 Å². The number of anilines is 1. The van der Waals surface area contributed by atoms with Crippen molar-refractivity contribution in [1.29, 1.82) is 0 Å². The third-order valence-corrected chi connectivity index (χ3v) is 4.23. The fourth-order valence-electron chi connectivity index (χ4n) is 2.96. The number of aryl methyl sites for hydroxylation is 1. The summed E-state index contributed by atoms with van der Waals surface area (Å²) in [6.07, 6.45) is 1.61. The zero-order chi connectivity index (χ0) is 18.6. The molecule has 1 heterocycles. The van der Waals surface area contributed by atoms with Crippen LogP contribution in [0.4, 0.5) is 5.82 Å². The van der Waals surface area contributed by atoms with Gasteiger partial charge in [-0.05, 0) is 23.8 Å². The highest BCUT2D eigenvalue weighted by Gasteiger charge is 2.06. The Morgan fingerprint density at radius 3 is 2.56 bits per heavy atom. The first kappa shape index (κ1) is 16.7. The molecule has 0 atom stereocenters. The fraction of sp³-hybridized carbons (Fsp3) is 0.0455. The number of phenolic OH excluding ortho intramolecular Hbond substituents is 1. The highest BCUT2D eigenvalue weighted by Crippen LogP contribution is 2.25. The van der Waals surface area contributed by atoms with Crippen molar-refractivity contribution in [3.63, 3.8) is 0 Å². The monoisotopic (exact) mass is 354 g/mol. The summed E-state index contributed by atoms with van der Waals surface area (Å²) in [7, 11) is 0. The molecule has 0 saturated heterocycles. The van der Waals surface area contributed by atoms with E-state index in [0.717, 1.165) is 22.0 Å². The van der Waals surface area contributed by atoms with Crippen molar-refractivity contribution >= 4 is 22.8 Å². The normalized spacial score (nSPS) is 11.1. The first-order valence-corrected chi connectivity index (χ1v) is 8.61. The molecule has 0 fully saturated rings. The summed E-state index contributed by atoms with van der Waals surface area (Å²) < 4.78 is 0. The van der Waals surface area contributed by atoms with Crippen molar-refractivity contribution in [2.75, 3.05) is 5.43 Å². The van der Waals surface area contributed by atoms with Crippen LogP contribution in [-0.4, -0.2) is 21.3 Å². The average Bonchev–Trinajstić information content (AvgIpc) is 2.70. The second kappa shape index (κ2) is 7.25. The number of fused-ring (bicyclic) bond motifs is 1. The van der Waals surface area contributed by atoms with Crippen LogP contribution in [-0.2, 0) is 0 Å². The number of hydrazone groups is 1. The lowest BCUT2D eigenvalue weighted by Crippen LogP contribution is -1.99. The minimum Gasteiger partial charge on any atom is -0.507 e. The van der Waals surface area contributed by atoms with Crippen molar-refractivity contribution in [3.8, 4) is 17.0 Å². The van der Waals surface area contributed by atoms with Crippen LogP contribution in [0.15, 0.2) is 77.9 Å². The maximum atomic E-state index is 10.2. The first-order valence-electron chi connectivity index (χ1n) is 8.61. The summed E-state index contributed by atoms with van der Waals surface area (Å²) in [5, 5.41) is 16.5. The first-order chi connectivity index (χ1) is 13.2. The molecule has 0 aliphatic rings. The van der Waals surface area contributed by atoms with Gasteiger partial charge in [-0.3, -0.25) is 5.43 Å². The Morgan fingerprint density at radius 2 is 1.70 bits per heavy atom. The van der Waals surface area contributed by atoms with Crippen LogP contribution >= 0.6 is 0 Å². The summed E-state index contributed by atoms with van der Waals surface area (Å²) in [5.74, 6) is 1.43. The standard InChI is InChI=1S/C22H18N4O/c1-15-24-20(17-8-3-2-4-9-17)13-22(25-15)26-23-14-19-18-10-6-5-7-16(18)11-12-21(19)27/h2-14,27H,1H3,(H,24,25,26). The lowest BCUT2D eigenvalue weighted by molar-refractivity contribution is 0.475. The Hall–Kier alpha value is -3.73. The van der Waals surface area contributed by atoms with E-state index in [2.05, 4.69) is 20.5 Å². The summed E-state index contributed by atoms with van der Waals surface area (Å²) >= 11 is 0. The quantitative estimate of drug-likeness (QED) is 0.410. The highest BCUT2D eigenvalue weighted by atomic mass is 16.3. The van der Waals surface area contributed by atoms with Crippen LogP contribution in [0, 0.1) is 6.92 Å². The molecule has 5 heteroatoms. The summed E-state index contributed by atoms with van der Waals surface area (Å²) in [6.45, 7) is 1.85. The number of aromatic hydroxyl groups is 1. The van der Waals surface area contributed by atoms with Gasteiger partial charge in [0, 0.05) is 17.2 Å². The Morgan fingerprint density at radius 1 is 0.926 bits per heavy atom. The maximum Gasteiger partial charge on any atom is 0.150 e. The number of rotatable bonds is 4. The van der Waals surface area contributed by atoms with Gasteiger partial charge in [-0.1, -0.05) is 60.7 Å². The highest BCUT2D eigenvalue weighted by molar-refractivity contribution is 6.02. The molecule has 0 aliphatic carbocycles. The zero-order valence-electron chi connectivity index (χ0n) is 14.8. The SMILES string of the molecule is Cc1nc(NN=Cc2c(O)ccc3ccccc23)cc(-c2ccccc2)n1. The summed E-state index contributed by atoms with van der Waals surface area (Å²) in [4.78, 5) is 8.86. The largest absolute Gasteiger partial charge is 0.507 e. The van der Waals surface area contributed by atoms with Gasteiger partial charge >= 0.3 is 0 Å². The Bertz CT molecular complexity index is 1120. The van der Waals surface area contributed by atoms with Gasteiger partial charge < -0.3 is 5.11 Å². The van der Waals surface area contributed by atoms with Gasteiger partial charge in [0.05, 0.1) is 11.9 Å². The minimum atomic E-state index is 0.183. The molecule has 3 aromatic carbocycles. The number of hydrogen-bond donors (Lipinski definition) is 2. The van der Waals surface area contributed by atoms with Crippen molar-refractivity contribution in [2.24, 2.45) is 5.10 Å². The predicted octanol–water partition coefficient (Wildman–Crippen LogP) is 4.76. The zero-order valence-corrected chi connectivity index (χ0v) is 14.8. The third kappa shape index (κ3) is 3.62. The molecule has 132 valence electrons. The van der Waals surface area contributed by atoms with Crippen molar-refractivity contribution in [1.82, 2.24) is 9.97 Å². The Kier molecular flexibility index (Phi) is 4.49. The molecule has 0 bridgehead atoms. The van der Waals surface area contributed by atoms with Crippen molar-refractivity contribution in [3.05, 3.63) is 84.2 Å². The second-order valence-electron chi connectivity index (χ2n) is 6.14. The number of nitrogens with zero attached hydrogens (tertiary/aromatic N) is 3. The van der Waals surface area contributed by atoms with Gasteiger partial charge in [0.15, 0.2) is 0 Å². The van der Waals surface area contributed by atoms with Crippen LogP contribution in [0.5, 0.6) is 5.75 Å². The molecule has 0 unspecified atom stereocenters. The van der Waals surface area contributed by atoms with E-state index in [9.17, 15) is 5.11 Å². The van der Waals surface area contributed by atoms with Crippen LogP contribution in [0.1, 0.15) is 11.4 Å². The molecule has 0 spiro atoms. The smallest absolute Gasteiger partial charge is 0.150 e. The molecule has 4 rings (SSSR count). The van der Waals surface area contributed by atoms with Gasteiger partial charge in [0.25, 0.3) is 0 Å². The number of aromatic nitrogens is 2. The molecule has 0 aliphatic heterocycles. The Balaban J connectivity index is 1.63. The summed E-state index contributed by atoms with van der Waals surface area (Å²) in [5.41, 5.74) is 5.45. The van der Waals surface area contributed by atoms with Gasteiger partial charge in [0.2, 0.25) is 0 Å². The van der Waals surface area contributed by atoms with E-state index in [1.807, 2.05) is 73.7 Å². The Labute approximate surface area is 157 Å². The van der Waals surface area contributed by atoms with Gasteiger partial charge in [-0.2, -0.15) is 5.10 Å². The number of phenols is 1. The van der Waals surface area contributed by atoms with Crippen LogP contribution in [0.3, 0.4) is 0 Å². The van der Waals surface area contributed by atoms with Crippen LogP contribution in [0.2, 0.25) is 0 Å². The molecule has 2 N–H and O–H groups in total. The van der Waals surface area contributed by atoms with E-state index in [0.29, 0.717) is 17.2 Å². The van der Waals surface area contributed by atoms with E-state index in [4.69, 9.17) is 0 Å². The van der Waals surface area contributed by atoms with Gasteiger partial charge in [0.1, 0.15) is 17.4 Å². The van der Waals surface area contributed by atoms with Gasteiger partial charge in [-0.25, -0.2) is 9.97 Å². The molecule has 0 saturated carbocycles. The second-order valence-corrected chi connectivity index (χ2v) is 6.14. The third-order valence-electron chi connectivity index (χ3n) is 4.23. The molecule has 4 aromatic rings. The molecule has 0 amide bonds. The number of nitrogens with one attached hydrogen (secondary N) is 1. The molecule has 5 nitrogen and oxygen atoms in total. The molecular formula is C22H18N4O. The number of hydrogen-bond acceptors (Lipinski definition) is 5. The summed E-state index contributed by atoms with van der Waals surface area (Å²) in [6, 6.07) is 23.2. The van der Waals surface area contributed by atoms with E-state index in [1.54, 1.807) is 12.3 Å². The van der Waals surface area contributed by atoms with Crippen LogP contribution in [0.25, 0.3) is 22.0 Å². The fourth-order valence-corrected chi connectivity index (χ4v) is 2.96. The molecular weight excluding hydrogens is 336 g/mol. The van der Waals surface area contributed by atoms with E-state index >= 15 is 0 Å². The van der Waals surface area contributed by atoms with Crippen molar-refractivity contribution in [2.45, 2.75) is 6.92 Å². The predicted molar refractivity (Wildman–Crippen MR) is 109 cm³/mol. The molecule has 27 heavy (non-hydrogen) atoms. The van der Waals surface area contributed by atoms with E-state index < -0.39 is 0 Å². The maximum absolute atomic E-state index is 10.2. The minimum absolute atomic E-state index is 0.183. The topological polar surface area (TPSA) is 70.4 Å². The molecule has 0 radical (unpaired) electrons. The lowest BCUT2D eigenvalue weighted by atomic mass is 10.0. The molecule has 1 aromatic heterocycles. The van der Waals surface area contributed by atoms with E-state index in [1.165, 1.54) is 0 Å². The lowest BCUT2D eigenvalue weighted by Gasteiger charge is -2.07. The van der Waals surface area contributed by atoms with Gasteiger partial charge in [-0.15, -0.1) is 0 Å².